The summed E-state index contributed by atoms with van der Waals surface area (Å²) in [5, 5.41) is 4.77. The number of phosphoric ester groups is 1. The third kappa shape index (κ3) is 3.95. The number of carbonyl (C=O) groups excluding carboxylic acids is 1. The van der Waals surface area contributed by atoms with Crippen LogP contribution in [0.5, 0.6) is 23.0 Å². The van der Waals surface area contributed by atoms with Crippen molar-refractivity contribution in [3.05, 3.63) is 64.9 Å². The van der Waals surface area contributed by atoms with E-state index in [0.717, 1.165) is 16.5 Å². The van der Waals surface area contributed by atoms with Crippen molar-refractivity contribution in [2.45, 2.75) is 5.92 Å². The quantitative estimate of drug-likeness (QED) is 0.341. The zero-order valence-corrected chi connectivity index (χ0v) is 19.9. The molecule has 2 aliphatic heterocycles. The standard InChI is InChI=1S/C24H22NO9P/c1-30-18-8-13(9-19(31-2)23(18)32-3)20-15-7-5-12-4-6-14(34-35(27,28)29)10-16(12)22(15)25-17-11-33-24(26)21(17)20/h4-10,20,25H,11H2,1-3H3,(H2,27,28,29). The van der Waals surface area contributed by atoms with Gasteiger partial charge in [0.05, 0.1) is 38.3 Å². The van der Waals surface area contributed by atoms with E-state index in [-0.39, 0.29) is 12.4 Å². The molecule has 0 aliphatic carbocycles. The fourth-order valence-corrected chi connectivity index (χ4v) is 5.01. The van der Waals surface area contributed by atoms with Crippen LogP contribution in [0.4, 0.5) is 5.69 Å². The molecule has 2 heterocycles. The molecule has 0 bridgehead atoms. The van der Waals surface area contributed by atoms with E-state index in [2.05, 4.69) is 5.32 Å². The molecule has 3 N–H and O–H groups in total. The summed E-state index contributed by atoms with van der Waals surface area (Å²) in [6.07, 6.45) is 0. The van der Waals surface area contributed by atoms with E-state index in [9.17, 15) is 19.1 Å². The van der Waals surface area contributed by atoms with E-state index in [0.29, 0.717) is 39.6 Å². The molecule has 0 spiro atoms. The lowest BCUT2D eigenvalue weighted by Crippen LogP contribution is -2.20. The second-order valence-electron chi connectivity index (χ2n) is 7.98. The first-order chi connectivity index (χ1) is 16.7. The largest absolute Gasteiger partial charge is 0.524 e. The molecule has 0 saturated heterocycles. The van der Waals surface area contributed by atoms with Crippen molar-refractivity contribution >= 4 is 30.3 Å². The number of nitrogens with one attached hydrogen (secondary N) is 1. The van der Waals surface area contributed by atoms with Crippen molar-refractivity contribution in [2.24, 2.45) is 0 Å². The minimum atomic E-state index is -4.74. The Labute approximate surface area is 200 Å². The molecule has 182 valence electrons. The van der Waals surface area contributed by atoms with Crippen LogP contribution in [0.2, 0.25) is 0 Å². The van der Waals surface area contributed by atoms with Gasteiger partial charge in [-0.25, -0.2) is 9.36 Å². The molecule has 0 amide bonds. The van der Waals surface area contributed by atoms with Gasteiger partial charge in [-0.15, -0.1) is 0 Å². The van der Waals surface area contributed by atoms with Crippen LogP contribution in [-0.2, 0) is 14.1 Å². The average Bonchev–Trinajstić information content (AvgIpc) is 3.20. The molecule has 10 nitrogen and oxygen atoms in total. The Balaban J connectivity index is 1.75. The zero-order chi connectivity index (χ0) is 24.9. The van der Waals surface area contributed by atoms with Crippen LogP contribution in [0.3, 0.4) is 0 Å². The predicted octanol–water partition coefficient (Wildman–Crippen LogP) is 3.71. The number of ether oxygens (including phenoxy) is 4. The third-order valence-electron chi connectivity index (χ3n) is 6.04. The molecule has 0 fully saturated rings. The Kier molecular flexibility index (Phi) is 5.59. The molecule has 35 heavy (non-hydrogen) atoms. The van der Waals surface area contributed by atoms with Gasteiger partial charge in [0.2, 0.25) is 5.75 Å². The molecular formula is C24H22NO9P. The van der Waals surface area contributed by atoms with E-state index in [4.69, 9.17) is 23.5 Å². The molecule has 0 saturated carbocycles. The molecule has 1 atom stereocenters. The summed E-state index contributed by atoms with van der Waals surface area (Å²) in [7, 11) is -0.196. The summed E-state index contributed by atoms with van der Waals surface area (Å²) in [6, 6.07) is 12.1. The van der Waals surface area contributed by atoms with Gasteiger partial charge in [-0.2, -0.15) is 0 Å². The monoisotopic (exact) mass is 499 g/mol. The molecule has 0 aromatic heterocycles. The lowest BCUT2D eigenvalue weighted by molar-refractivity contribution is -0.136. The SMILES string of the molecule is COc1cc(C2C3=C(COC3=O)Nc3c2ccc2ccc(OP(=O)(O)O)cc32)cc(OC)c1OC. The fourth-order valence-electron chi connectivity index (χ4n) is 4.62. The van der Waals surface area contributed by atoms with Crippen molar-refractivity contribution in [3.63, 3.8) is 0 Å². The second kappa shape index (κ2) is 8.49. The Morgan fingerprint density at radius 2 is 1.69 bits per heavy atom. The lowest BCUT2D eigenvalue weighted by atomic mass is 9.80. The highest BCUT2D eigenvalue weighted by Crippen LogP contribution is 2.50. The summed E-state index contributed by atoms with van der Waals surface area (Å²) < 4.78 is 38.0. The maximum Gasteiger partial charge on any atom is 0.524 e. The summed E-state index contributed by atoms with van der Waals surface area (Å²) in [4.78, 5) is 31.3. The van der Waals surface area contributed by atoms with Crippen LogP contribution in [-0.4, -0.2) is 43.7 Å². The van der Waals surface area contributed by atoms with E-state index < -0.39 is 19.7 Å². The van der Waals surface area contributed by atoms with Crippen molar-refractivity contribution in [3.8, 4) is 23.0 Å². The van der Waals surface area contributed by atoms with E-state index in [1.165, 1.54) is 27.4 Å². The molecule has 3 aromatic carbocycles. The maximum atomic E-state index is 12.8. The van der Waals surface area contributed by atoms with E-state index in [1.54, 1.807) is 24.3 Å². The van der Waals surface area contributed by atoms with E-state index in [1.807, 2.05) is 12.1 Å². The van der Waals surface area contributed by atoms with Gasteiger partial charge in [0.15, 0.2) is 11.5 Å². The summed E-state index contributed by atoms with van der Waals surface area (Å²) in [5.41, 5.74) is 3.23. The smallest absolute Gasteiger partial charge is 0.493 e. The Hall–Kier alpha value is -3.72. The highest BCUT2D eigenvalue weighted by atomic mass is 31.2. The summed E-state index contributed by atoms with van der Waals surface area (Å²) in [6.45, 7) is 0.0730. The average molecular weight is 499 g/mol. The van der Waals surface area contributed by atoms with Crippen molar-refractivity contribution in [1.82, 2.24) is 0 Å². The topological polar surface area (TPSA) is 133 Å². The molecule has 0 radical (unpaired) electrons. The van der Waals surface area contributed by atoms with Gasteiger partial charge in [0.1, 0.15) is 12.4 Å². The van der Waals surface area contributed by atoms with Gasteiger partial charge in [-0.1, -0.05) is 18.2 Å². The number of carbonyl (C=O) groups is 1. The lowest BCUT2D eigenvalue weighted by Gasteiger charge is -2.29. The zero-order valence-electron chi connectivity index (χ0n) is 19.0. The number of methoxy groups -OCH3 is 3. The van der Waals surface area contributed by atoms with Gasteiger partial charge in [-0.3, -0.25) is 9.79 Å². The minimum absolute atomic E-state index is 0.0175. The highest BCUT2D eigenvalue weighted by Gasteiger charge is 2.39. The van der Waals surface area contributed by atoms with Gasteiger partial charge in [-0.05, 0) is 40.8 Å². The predicted molar refractivity (Wildman–Crippen MR) is 126 cm³/mol. The van der Waals surface area contributed by atoms with Crippen LogP contribution >= 0.6 is 7.82 Å². The molecule has 3 aromatic rings. The number of rotatable bonds is 6. The van der Waals surface area contributed by atoms with Gasteiger partial charge in [0.25, 0.3) is 0 Å². The minimum Gasteiger partial charge on any atom is -0.493 e. The van der Waals surface area contributed by atoms with Crippen LogP contribution in [0.15, 0.2) is 53.7 Å². The van der Waals surface area contributed by atoms with Crippen molar-refractivity contribution in [1.29, 1.82) is 0 Å². The van der Waals surface area contributed by atoms with Gasteiger partial charge in [0, 0.05) is 11.3 Å². The number of fused-ring (bicyclic) bond motifs is 3. The number of esters is 1. The van der Waals surface area contributed by atoms with Crippen molar-refractivity contribution < 1.29 is 42.6 Å². The first-order valence-corrected chi connectivity index (χ1v) is 12.1. The number of cyclic esters (lactones) is 1. The normalized spacial score (nSPS) is 16.8. The molecule has 1 unspecified atom stereocenters. The second-order valence-corrected chi connectivity index (χ2v) is 9.14. The maximum absolute atomic E-state index is 12.8. The van der Waals surface area contributed by atoms with Crippen molar-refractivity contribution in [2.75, 3.05) is 33.3 Å². The first-order valence-electron chi connectivity index (χ1n) is 10.5. The number of anilines is 1. The fraction of sp³-hybridized carbons (Fsp3) is 0.208. The highest BCUT2D eigenvalue weighted by molar-refractivity contribution is 7.46. The molecule has 2 aliphatic rings. The number of hydrogen-bond donors (Lipinski definition) is 3. The number of benzene rings is 3. The Morgan fingerprint density at radius 3 is 2.31 bits per heavy atom. The van der Waals surface area contributed by atoms with Gasteiger partial charge >= 0.3 is 13.8 Å². The third-order valence-corrected chi connectivity index (χ3v) is 6.49. The van der Waals surface area contributed by atoms with Crippen LogP contribution < -0.4 is 24.1 Å². The molecule has 11 heteroatoms. The van der Waals surface area contributed by atoms with Crippen LogP contribution in [0.25, 0.3) is 10.8 Å². The van der Waals surface area contributed by atoms with Crippen LogP contribution in [0, 0.1) is 0 Å². The van der Waals surface area contributed by atoms with Crippen LogP contribution in [0.1, 0.15) is 17.0 Å². The van der Waals surface area contributed by atoms with E-state index >= 15 is 0 Å². The Bertz CT molecular complexity index is 1420. The molecule has 5 rings (SSSR count). The first kappa shape index (κ1) is 23.0. The Morgan fingerprint density at radius 1 is 1.00 bits per heavy atom. The summed E-state index contributed by atoms with van der Waals surface area (Å²) >= 11 is 0. The number of hydrogen-bond acceptors (Lipinski definition) is 8. The summed E-state index contributed by atoms with van der Waals surface area (Å²) in [5.74, 6) is 0.358. The van der Waals surface area contributed by atoms with Gasteiger partial charge < -0.3 is 28.8 Å². The molecular weight excluding hydrogens is 477 g/mol. The number of phosphoric acid groups is 1.